The molecule has 0 saturated carbocycles. The molecule has 6 heteroatoms. The minimum absolute atomic E-state index is 0.0296. The number of rotatable bonds is 7. The molecule has 2 saturated heterocycles. The third-order valence-corrected chi connectivity index (χ3v) is 4.81. The first-order valence-corrected chi connectivity index (χ1v) is 8.55. The van der Waals surface area contributed by atoms with Crippen molar-refractivity contribution in [2.45, 2.75) is 51.5 Å². The Bertz CT molecular complexity index is 403. The molecular formula is C16H30N4O2. The summed E-state index contributed by atoms with van der Waals surface area (Å²) in [6.45, 7) is 8.39. The molecular weight excluding hydrogens is 280 g/mol. The summed E-state index contributed by atoms with van der Waals surface area (Å²) in [5.74, 6) is 0.666. The lowest BCUT2D eigenvalue weighted by atomic mass is 9.87. The zero-order chi connectivity index (χ0) is 16.2. The number of nitrogens with one attached hydrogen (secondary N) is 1. The molecule has 0 radical (unpaired) electrons. The Morgan fingerprint density at radius 3 is 2.45 bits per heavy atom. The van der Waals surface area contributed by atoms with Gasteiger partial charge in [0.25, 0.3) is 5.91 Å². The first kappa shape index (κ1) is 17.2. The van der Waals surface area contributed by atoms with Crippen molar-refractivity contribution in [2.75, 3.05) is 32.7 Å². The fraction of sp³-hybridized carbons (Fsp3) is 0.875. The molecule has 3 N–H and O–H groups in total. The second kappa shape index (κ2) is 7.42. The van der Waals surface area contributed by atoms with Crippen molar-refractivity contribution >= 4 is 11.9 Å². The lowest BCUT2D eigenvalue weighted by Gasteiger charge is -2.37. The fourth-order valence-electron chi connectivity index (χ4n) is 3.23. The van der Waals surface area contributed by atoms with E-state index >= 15 is 0 Å². The van der Waals surface area contributed by atoms with Crippen LogP contribution in [0.4, 0.5) is 4.79 Å². The zero-order valence-corrected chi connectivity index (χ0v) is 13.9. The van der Waals surface area contributed by atoms with E-state index in [0.29, 0.717) is 19.0 Å². The molecule has 2 aliphatic rings. The second-order valence-electron chi connectivity index (χ2n) is 6.99. The van der Waals surface area contributed by atoms with E-state index in [4.69, 9.17) is 5.73 Å². The van der Waals surface area contributed by atoms with Gasteiger partial charge in [0.15, 0.2) is 0 Å². The van der Waals surface area contributed by atoms with Crippen molar-refractivity contribution < 1.29 is 9.59 Å². The number of imide groups is 1. The lowest BCUT2D eigenvalue weighted by molar-refractivity contribution is -0.133. The molecule has 0 bridgehead atoms. The largest absolute Gasteiger partial charge is 0.330 e. The smallest absolute Gasteiger partial charge is 0.325 e. The van der Waals surface area contributed by atoms with Gasteiger partial charge in [0.05, 0.1) is 0 Å². The minimum atomic E-state index is -0.645. The van der Waals surface area contributed by atoms with E-state index in [1.54, 1.807) is 0 Å². The Morgan fingerprint density at radius 1 is 1.18 bits per heavy atom. The van der Waals surface area contributed by atoms with Gasteiger partial charge >= 0.3 is 6.03 Å². The number of nitrogens with two attached hydrogens (primary N) is 1. The van der Waals surface area contributed by atoms with Gasteiger partial charge < -0.3 is 16.0 Å². The summed E-state index contributed by atoms with van der Waals surface area (Å²) >= 11 is 0. The van der Waals surface area contributed by atoms with E-state index in [9.17, 15) is 9.59 Å². The summed E-state index contributed by atoms with van der Waals surface area (Å²) in [6, 6.07) is -0.224. The van der Waals surface area contributed by atoms with Crippen LogP contribution in [0.2, 0.25) is 0 Å². The van der Waals surface area contributed by atoms with Crippen molar-refractivity contribution in [3.63, 3.8) is 0 Å². The highest BCUT2D eigenvalue weighted by atomic mass is 16.2. The lowest BCUT2D eigenvalue weighted by Crippen LogP contribution is -2.55. The van der Waals surface area contributed by atoms with Crippen molar-refractivity contribution in [1.29, 1.82) is 0 Å². The third-order valence-electron chi connectivity index (χ3n) is 4.81. The normalized spacial score (nSPS) is 21.9. The van der Waals surface area contributed by atoms with E-state index in [2.05, 4.69) is 24.1 Å². The molecule has 0 unspecified atom stereocenters. The molecule has 6 nitrogen and oxygen atoms in total. The molecule has 2 fully saturated rings. The Morgan fingerprint density at radius 2 is 1.86 bits per heavy atom. The molecule has 0 aliphatic carbocycles. The molecule has 22 heavy (non-hydrogen) atoms. The number of hydrogen-bond donors (Lipinski definition) is 2. The Labute approximate surface area is 133 Å². The van der Waals surface area contributed by atoms with Gasteiger partial charge in [-0.3, -0.25) is 9.69 Å². The molecule has 0 aromatic carbocycles. The van der Waals surface area contributed by atoms with Crippen molar-refractivity contribution in [3.8, 4) is 0 Å². The molecule has 0 aromatic rings. The van der Waals surface area contributed by atoms with Gasteiger partial charge in [0.1, 0.15) is 5.54 Å². The number of urea groups is 1. The quantitative estimate of drug-likeness (QED) is 0.546. The second-order valence-corrected chi connectivity index (χ2v) is 6.99. The molecule has 3 amide bonds. The number of nitrogens with zero attached hydrogens (tertiary/aromatic N) is 2. The summed E-state index contributed by atoms with van der Waals surface area (Å²) in [5, 5.41) is 2.96. The Balaban J connectivity index is 1.87. The summed E-state index contributed by atoms with van der Waals surface area (Å²) in [4.78, 5) is 28.5. The zero-order valence-electron chi connectivity index (χ0n) is 13.9. The number of unbranched alkanes of at least 4 members (excludes halogenated alkanes) is 1. The maximum atomic E-state index is 12.7. The van der Waals surface area contributed by atoms with Crippen molar-refractivity contribution in [2.24, 2.45) is 11.7 Å². The van der Waals surface area contributed by atoms with Crippen LogP contribution in [0.15, 0.2) is 0 Å². The van der Waals surface area contributed by atoms with Gasteiger partial charge in [-0.25, -0.2) is 4.79 Å². The average molecular weight is 310 g/mol. The highest BCUT2D eigenvalue weighted by molar-refractivity contribution is 6.07. The van der Waals surface area contributed by atoms with Crippen LogP contribution in [0.1, 0.15) is 46.0 Å². The molecule has 0 aromatic heterocycles. The Kier molecular flexibility index (Phi) is 5.81. The average Bonchev–Trinajstić information content (AvgIpc) is 2.71. The number of likely N-dealkylation sites (tertiary alicyclic amines) is 1. The van der Waals surface area contributed by atoms with Gasteiger partial charge in [-0.2, -0.15) is 0 Å². The van der Waals surface area contributed by atoms with Crippen LogP contribution < -0.4 is 11.1 Å². The Hall–Kier alpha value is -1.14. The fourth-order valence-corrected chi connectivity index (χ4v) is 3.23. The van der Waals surface area contributed by atoms with Crippen molar-refractivity contribution in [3.05, 3.63) is 0 Å². The predicted octanol–water partition coefficient (Wildman–Crippen LogP) is 1.16. The maximum Gasteiger partial charge on any atom is 0.325 e. The molecule has 2 heterocycles. The van der Waals surface area contributed by atoms with E-state index in [0.717, 1.165) is 45.3 Å². The number of carbonyl (C=O) groups excluding carboxylic acids is 2. The molecule has 126 valence electrons. The highest BCUT2D eigenvalue weighted by Crippen LogP contribution is 2.29. The van der Waals surface area contributed by atoms with Gasteiger partial charge in [-0.1, -0.05) is 13.8 Å². The predicted molar refractivity (Wildman–Crippen MR) is 86.4 cm³/mol. The topological polar surface area (TPSA) is 78.7 Å². The van der Waals surface area contributed by atoms with Gasteiger partial charge in [-0.15, -0.1) is 0 Å². The summed E-state index contributed by atoms with van der Waals surface area (Å²) in [6.07, 6.45) is 4.25. The molecule has 1 spiro atoms. The van der Waals surface area contributed by atoms with Crippen LogP contribution in [-0.2, 0) is 4.79 Å². The monoisotopic (exact) mass is 310 g/mol. The van der Waals surface area contributed by atoms with E-state index in [-0.39, 0.29) is 11.9 Å². The highest BCUT2D eigenvalue weighted by Gasteiger charge is 2.51. The standard InChI is InChI=1S/C16H30N4O2/c1-13(2)5-10-19-11-6-16(7-12-19)14(21)20(15(22)18-16)9-4-3-8-17/h13H,3-12,17H2,1-2H3,(H,18,22). The van der Waals surface area contributed by atoms with Crippen LogP contribution >= 0.6 is 0 Å². The van der Waals surface area contributed by atoms with Crippen LogP contribution in [0.3, 0.4) is 0 Å². The molecule has 2 rings (SSSR count). The summed E-state index contributed by atoms with van der Waals surface area (Å²) in [5.41, 5.74) is 4.83. The van der Waals surface area contributed by atoms with Gasteiger partial charge in [-0.05, 0) is 51.1 Å². The number of piperidine rings is 1. The van der Waals surface area contributed by atoms with Gasteiger partial charge in [0, 0.05) is 19.6 Å². The van der Waals surface area contributed by atoms with Gasteiger partial charge in [0.2, 0.25) is 0 Å². The molecule has 2 aliphatic heterocycles. The van der Waals surface area contributed by atoms with Crippen molar-refractivity contribution in [1.82, 2.24) is 15.1 Å². The third kappa shape index (κ3) is 3.79. The summed E-state index contributed by atoms with van der Waals surface area (Å²) in [7, 11) is 0. The first-order chi connectivity index (χ1) is 10.5. The van der Waals surface area contributed by atoms with Crippen LogP contribution in [0.5, 0.6) is 0 Å². The first-order valence-electron chi connectivity index (χ1n) is 8.55. The van der Waals surface area contributed by atoms with E-state index in [1.165, 1.54) is 11.3 Å². The number of hydrogen-bond acceptors (Lipinski definition) is 4. The SMILES string of the molecule is CC(C)CCN1CCC2(CC1)NC(=O)N(CCCCN)C2=O. The molecule has 0 atom stereocenters. The summed E-state index contributed by atoms with van der Waals surface area (Å²) < 4.78 is 0. The van der Waals surface area contributed by atoms with Crippen LogP contribution in [0.25, 0.3) is 0 Å². The number of carbonyl (C=O) groups is 2. The van der Waals surface area contributed by atoms with E-state index in [1.807, 2.05) is 0 Å². The van der Waals surface area contributed by atoms with Crippen LogP contribution in [0, 0.1) is 5.92 Å². The number of amides is 3. The van der Waals surface area contributed by atoms with E-state index < -0.39 is 5.54 Å². The van der Waals surface area contributed by atoms with Crippen LogP contribution in [-0.4, -0.2) is 60.0 Å². The maximum absolute atomic E-state index is 12.7. The minimum Gasteiger partial charge on any atom is -0.330 e.